The fraction of sp³-hybridized carbons (Fsp3) is 0.0417. The van der Waals surface area contributed by atoms with Gasteiger partial charge in [-0.3, -0.25) is 15.0 Å². The van der Waals surface area contributed by atoms with Gasteiger partial charge < -0.3 is 11.5 Å². The Balaban J connectivity index is 1.88. The zero-order valence-corrected chi connectivity index (χ0v) is 17.6. The lowest BCUT2D eigenvalue weighted by molar-refractivity contribution is 0.629. The van der Waals surface area contributed by atoms with E-state index in [4.69, 9.17) is 21.9 Å². The molecule has 33 heavy (non-hydrogen) atoms. The number of benzene rings is 2. The maximum absolute atomic E-state index is 13.8. The van der Waals surface area contributed by atoms with Crippen LogP contribution < -0.4 is 11.5 Å². The molecule has 0 aliphatic rings. The normalized spacial score (nSPS) is 11.9. The maximum atomic E-state index is 13.8. The topological polar surface area (TPSA) is 132 Å². The van der Waals surface area contributed by atoms with Crippen molar-refractivity contribution in [3.05, 3.63) is 78.1 Å². The lowest BCUT2D eigenvalue weighted by atomic mass is 10.0. The van der Waals surface area contributed by atoms with Crippen LogP contribution in [0, 0.1) is 18.2 Å². The summed E-state index contributed by atoms with van der Waals surface area (Å²) in [6.45, 7) is 1.88. The molecule has 0 fully saturated rings. The summed E-state index contributed by atoms with van der Waals surface area (Å²) in [6, 6.07) is 13.9. The van der Waals surface area contributed by atoms with Gasteiger partial charge in [-0.1, -0.05) is 0 Å². The van der Waals surface area contributed by atoms with Crippen LogP contribution in [0.3, 0.4) is 0 Å². The summed E-state index contributed by atoms with van der Waals surface area (Å²) >= 11 is 0. The van der Waals surface area contributed by atoms with Gasteiger partial charge in [-0.05, 0) is 60.5 Å². The van der Waals surface area contributed by atoms with Crippen molar-refractivity contribution >= 4 is 39.9 Å². The van der Waals surface area contributed by atoms with E-state index >= 15 is 0 Å². The van der Waals surface area contributed by atoms with Crippen molar-refractivity contribution in [2.75, 3.05) is 5.73 Å². The van der Waals surface area contributed by atoms with E-state index in [9.17, 15) is 4.39 Å². The zero-order chi connectivity index (χ0) is 23.1. The summed E-state index contributed by atoms with van der Waals surface area (Å²) in [5.41, 5.74) is 17.1. The molecule has 5 N–H and O–H groups in total. The summed E-state index contributed by atoms with van der Waals surface area (Å²) in [5, 5.41) is 8.13. The van der Waals surface area contributed by atoms with Gasteiger partial charge in [0.15, 0.2) is 0 Å². The van der Waals surface area contributed by atoms with Gasteiger partial charge in [-0.15, -0.1) is 0 Å². The van der Waals surface area contributed by atoms with Crippen molar-refractivity contribution in [2.24, 2.45) is 10.7 Å². The minimum Gasteiger partial charge on any atom is -0.384 e. The number of pyridine rings is 2. The number of hydrogen-bond donors (Lipinski definition) is 3. The molecule has 0 spiro atoms. The van der Waals surface area contributed by atoms with Crippen LogP contribution in [0.25, 0.3) is 38.8 Å². The first-order chi connectivity index (χ1) is 16.0. The molecule has 9 heteroatoms. The minimum absolute atomic E-state index is 0.171. The van der Waals surface area contributed by atoms with E-state index in [2.05, 4.69) is 15.0 Å². The van der Waals surface area contributed by atoms with E-state index in [0.717, 1.165) is 34.1 Å². The zero-order valence-electron chi connectivity index (χ0n) is 17.6. The Morgan fingerprint density at radius 1 is 1.06 bits per heavy atom. The predicted octanol–water partition coefficient (Wildman–Crippen LogP) is 3.98. The molecule has 5 rings (SSSR count). The number of nitrogens with one attached hydrogen (secondary N) is 1. The van der Waals surface area contributed by atoms with Gasteiger partial charge in [0.2, 0.25) is 0 Å². The van der Waals surface area contributed by atoms with Crippen LogP contribution >= 0.6 is 0 Å². The smallest absolute Gasteiger partial charge is 0.134 e. The van der Waals surface area contributed by atoms with Crippen LogP contribution in [0.15, 0.2) is 65.9 Å². The third-order valence-electron chi connectivity index (χ3n) is 5.44. The van der Waals surface area contributed by atoms with Crippen molar-refractivity contribution in [1.82, 2.24) is 19.5 Å². The number of halogens is 1. The molecule has 0 aliphatic heterocycles. The molecule has 0 saturated heterocycles. The molecular weight excluding hydrogens is 419 g/mol. The van der Waals surface area contributed by atoms with Crippen molar-refractivity contribution in [3.8, 4) is 16.8 Å². The third-order valence-corrected chi connectivity index (χ3v) is 5.44. The van der Waals surface area contributed by atoms with Gasteiger partial charge in [0.25, 0.3) is 0 Å². The van der Waals surface area contributed by atoms with E-state index in [1.165, 1.54) is 12.1 Å². The van der Waals surface area contributed by atoms with Crippen LogP contribution in [-0.4, -0.2) is 31.7 Å². The standard InChI is InChI=1S/C24H19FN8/c1-13-32-23-18(24(28)31-12-26)8-15(14-4-6-30-22(27)10-14)9-21(23)33(13)20-5-7-29-19-11-16(25)2-3-17(19)20/h2-12H,1H3,(H2,27,30)(H3,26,28,31). The number of amidine groups is 1. The third kappa shape index (κ3) is 3.45. The average molecular weight is 438 g/mol. The molecule has 2 aromatic carbocycles. The second-order valence-corrected chi connectivity index (χ2v) is 7.49. The van der Waals surface area contributed by atoms with Gasteiger partial charge in [-0.2, -0.15) is 0 Å². The lowest BCUT2D eigenvalue weighted by Crippen LogP contribution is -2.14. The highest BCUT2D eigenvalue weighted by Crippen LogP contribution is 2.32. The van der Waals surface area contributed by atoms with Crippen molar-refractivity contribution in [3.63, 3.8) is 0 Å². The Kier molecular flexibility index (Phi) is 4.78. The molecule has 162 valence electrons. The van der Waals surface area contributed by atoms with Crippen LogP contribution in [0.2, 0.25) is 0 Å². The molecule has 0 radical (unpaired) electrons. The second kappa shape index (κ2) is 7.79. The molecule has 0 atom stereocenters. The van der Waals surface area contributed by atoms with Gasteiger partial charge in [-0.25, -0.2) is 19.4 Å². The number of imidazole rings is 1. The number of rotatable bonds is 4. The van der Waals surface area contributed by atoms with Crippen LogP contribution in [-0.2, 0) is 0 Å². The molecule has 0 aliphatic carbocycles. The van der Waals surface area contributed by atoms with Crippen LogP contribution in [0.5, 0.6) is 0 Å². The predicted molar refractivity (Wildman–Crippen MR) is 128 cm³/mol. The van der Waals surface area contributed by atoms with Gasteiger partial charge in [0, 0.05) is 29.4 Å². The SMILES string of the molecule is Cc1nc2c(C(N)=NC=N)cc(-c3ccnc(N)c3)cc2n1-c1ccnc2cc(F)ccc12. The first-order valence-electron chi connectivity index (χ1n) is 10.1. The second-order valence-electron chi connectivity index (χ2n) is 7.49. The maximum Gasteiger partial charge on any atom is 0.134 e. The Morgan fingerprint density at radius 2 is 1.88 bits per heavy atom. The lowest BCUT2D eigenvalue weighted by Gasteiger charge is -2.12. The number of aliphatic imine (C=N–C) groups is 1. The Bertz CT molecular complexity index is 1590. The molecule has 0 bridgehead atoms. The molecule has 0 amide bonds. The number of anilines is 1. The summed E-state index contributed by atoms with van der Waals surface area (Å²) < 4.78 is 15.8. The summed E-state index contributed by atoms with van der Waals surface area (Å²) in [4.78, 5) is 17.1. The highest BCUT2D eigenvalue weighted by atomic mass is 19.1. The van der Waals surface area contributed by atoms with Crippen LogP contribution in [0.1, 0.15) is 11.4 Å². The fourth-order valence-corrected chi connectivity index (χ4v) is 4.03. The van der Waals surface area contributed by atoms with E-state index < -0.39 is 0 Å². The van der Waals surface area contributed by atoms with Crippen molar-refractivity contribution in [1.29, 1.82) is 5.41 Å². The Labute approximate surface area is 188 Å². The van der Waals surface area contributed by atoms with E-state index in [1.807, 2.05) is 35.8 Å². The van der Waals surface area contributed by atoms with E-state index in [0.29, 0.717) is 28.2 Å². The summed E-state index contributed by atoms with van der Waals surface area (Å²) in [5.74, 6) is 0.916. The van der Waals surface area contributed by atoms with Crippen LogP contribution in [0.4, 0.5) is 10.2 Å². The first kappa shape index (κ1) is 20.3. The minimum atomic E-state index is -0.352. The molecule has 3 aromatic heterocycles. The largest absolute Gasteiger partial charge is 0.384 e. The molecule has 0 unspecified atom stereocenters. The van der Waals surface area contributed by atoms with Gasteiger partial charge in [0.05, 0.1) is 16.7 Å². The van der Waals surface area contributed by atoms with Gasteiger partial charge >= 0.3 is 0 Å². The molecule has 0 saturated carbocycles. The monoisotopic (exact) mass is 438 g/mol. The molecular formula is C24H19FN8. The van der Waals surface area contributed by atoms with Crippen molar-refractivity contribution < 1.29 is 4.39 Å². The molecule has 5 aromatic rings. The Morgan fingerprint density at radius 3 is 2.67 bits per heavy atom. The number of nitrogen functional groups attached to an aromatic ring is 1. The number of aromatic nitrogens is 4. The average Bonchev–Trinajstić information content (AvgIpc) is 3.13. The quantitative estimate of drug-likeness (QED) is 0.288. The van der Waals surface area contributed by atoms with E-state index in [-0.39, 0.29) is 11.7 Å². The first-order valence-corrected chi connectivity index (χ1v) is 10.1. The number of nitrogens with zero attached hydrogens (tertiary/aromatic N) is 5. The highest BCUT2D eigenvalue weighted by Gasteiger charge is 2.18. The fourth-order valence-electron chi connectivity index (χ4n) is 4.03. The Hall–Kier alpha value is -4.66. The molecule has 3 heterocycles. The van der Waals surface area contributed by atoms with E-state index in [1.54, 1.807) is 24.5 Å². The summed E-state index contributed by atoms with van der Waals surface area (Å²) in [7, 11) is 0. The molecule has 8 nitrogen and oxygen atoms in total. The van der Waals surface area contributed by atoms with Gasteiger partial charge in [0.1, 0.15) is 35.2 Å². The number of nitrogens with two attached hydrogens (primary N) is 2. The van der Waals surface area contributed by atoms with Crippen molar-refractivity contribution in [2.45, 2.75) is 6.92 Å². The number of aryl methyl sites for hydroxylation is 1. The highest BCUT2D eigenvalue weighted by molar-refractivity contribution is 6.11. The summed E-state index contributed by atoms with van der Waals surface area (Å²) in [6.07, 6.45) is 4.17. The number of hydrogen-bond acceptors (Lipinski definition) is 5. The number of fused-ring (bicyclic) bond motifs is 2.